The molecule has 0 saturated carbocycles. The van der Waals surface area contributed by atoms with Gasteiger partial charge in [0.05, 0.1) is 5.75 Å². The Bertz CT molecular complexity index is 589. The molecule has 8 heteroatoms. The fraction of sp³-hybridized carbons (Fsp3) is 0.308. The minimum Gasteiger partial charge on any atom is -0.355 e. The average molecular weight is 360 g/mol. The summed E-state index contributed by atoms with van der Waals surface area (Å²) < 4.78 is 0.832. The summed E-state index contributed by atoms with van der Waals surface area (Å²) in [6.45, 7) is 2.54. The molecular formula is C13H14ClN3OS3. The van der Waals surface area contributed by atoms with E-state index in [4.69, 9.17) is 11.6 Å². The van der Waals surface area contributed by atoms with Crippen molar-refractivity contribution >= 4 is 52.4 Å². The Morgan fingerprint density at radius 3 is 2.71 bits per heavy atom. The molecular weight excluding hydrogens is 346 g/mol. The standard InChI is InChI=1S/C13H14ClN3OS3/c1-9-16-17-13(21-9)20-8-12(18)15-6-7-19-11-4-2-10(14)3-5-11/h2-5H,6-8H2,1H3,(H,15,18). The Morgan fingerprint density at radius 2 is 2.05 bits per heavy atom. The molecule has 0 aliphatic rings. The summed E-state index contributed by atoms with van der Waals surface area (Å²) in [5.41, 5.74) is 0. The first-order valence-corrected chi connectivity index (χ1v) is 9.38. The first-order chi connectivity index (χ1) is 10.1. The molecule has 1 amide bonds. The zero-order valence-electron chi connectivity index (χ0n) is 11.3. The van der Waals surface area contributed by atoms with Gasteiger partial charge in [-0.05, 0) is 31.2 Å². The van der Waals surface area contributed by atoms with Gasteiger partial charge in [-0.1, -0.05) is 34.7 Å². The topological polar surface area (TPSA) is 54.9 Å². The molecule has 0 aliphatic carbocycles. The summed E-state index contributed by atoms with van der Waals surface area (Å²) >= 11 is 10.4. The summed E-state index contributed by atoms with van der Waals surface area (Å²) in [5, 5.41) is 12.4. The zero-order chi connectivity index (χ0) is 15.1. The zero-order valence-corrected chi connectivity index (χ0v) is 14.5. The number of aromatic nitrogens is 2. The van der Waals surface area contributed by atoms with E-state index in [9.17, 15) is 4.79 Å². The van der Waals surface area contributed by atoms with Gasteiger partial charge in [0.1, 0.15) is 5.01 Å². The monoisotopic (exact) mass is 359 g/mol. The maximum Gasteiger partial charge on any atom is 0.230 e. The Balaban J connectivity index is 1.59. The van der Waals surface area contributed by atoms with Crippen molar-refractivity contribution in [3.8, 4) is 0 Å². The van der Waals surface area contributed by atoms with Crippen LogP contribution in [-0.4, -0.2) is 34.2 Å². The van der Waals surface area contributed by atoms with Crippen LogP contribution >= 0.6 is 46.5 Å². The number of nitrogens with one attached hydrogen (secondary N) is 1. The highest BCUT2D eigenvalue weighted by Crippen LogP contribution is 2.21. The van der Waals surface area contributed by atoms with Gasteiger partial charge >= 0.3 is 0 Å². The minimum atomic E-state index is 0.0181. The lowest BCUT2D eigenvalue weighted by Gasteiger charge is -2.04. The fourth-order valence-corrected chi connectivity index (χ4v) is 3.95. The normalized spacial score (nSPS) is 10.6. The smallest absolute Gasteiger partial charge is 0.230 e. The van der Waals surface area contributed by atoms with Gasteiger partial charge in [-0.25, -0.2) is 0 Å². The molecule has 1 heterocycles. The number of hydrogen-bond acceptors (Lipinski definition) is 6. The first-order valence-electron chi connectivity index (χ1n) is 6.21. The number of carbonyl (C=O) groups is 1. The van der Waals surface area contributed by atoms with E-state index >= 15 is 0 Å². The SMILES string of the molecule is Cc1nnc(SCC(=O)NCCSc2ccc(Cl)cc2)s1. The maximum absolute atomic E-state index is 11.7. The van der Waals surface area contributed by atoms with E-state index in [2.05, 4.69) is 15.5 Å². The third-order valence-electron chi connectivity index (χ3n) is 2.34. The molecule has 0 atom stereocenters. The highest BCUT2D eigenvalue weighted by atomic mass is 35.5. The number of hydrogen-bond donors (Lipinski definition) is 1. The van der Waals surface area contributed by atoms with Crippen molar-refractivity contribution in [1.82, 2.24) is 15.5 Å². The molecule has 1 aromatic heterocycles. The molecule has 112 valence electrons. The summed E-state index contributed by atoms with van der Waals surface area (Å²) in [7, 11) is 0. The van der Waals surface area contributed by atoms with Gasteiger partial charge in [0.25, 0.3) is 0 Å². The second-order valence-corrected chi connectivity index (χ2v) is 8.04. The minimum absolute atomic E-state index is 0.0181. The van der Waals surface area contributed by atoms with Crippen LogP contribution in [0.25, 0.3) is 0 Å². The van der Waals surface area contributed by atoms with E-state index in [-0.39, 0.29) is 5.91 Å². The molecule has 1 N–H and O–H groups in total. The van der Waals surface area contributed by atoms with Crippen LogP contribution in [0.3, 0.4) is 0 Å². The van der Waals surface area contributed by atoms with Crippen LogP contribution in [0.15, 0.2) is 33.5 Å². The largest absolute Gasteiger partial charge is 0.355 e. The number of thioether (sulfide) groups is 2. The second kappa shape index (κ2) is 8.63. The summed E-state index contributed by atoms with van der Waals surface area (Å²) in [6.07, 6.45) is 0. The van der Waals surface area contributed by atoms with Crippen molar-refractivity contribution < 1.29 is 4.79 Å². The predicted octanol–water partition coefficient (Wildman–Crippen LogP) is 3.50. The molecule has 0 aliphatic heterocycles. The molecule has 0 bridgehead atoms. The van der Waals surface area contributed by atoms with Crippen LogP contribution < -0.4 is 5.32 Å². The van der Waals surface area contributed by atoms with Crippen LogP contribution in [0.1, 0.15) is 5.01 Å². The van der Waals surface area contributed by atoms with Gasteiger partial charge in [-0.3, -0.25) is 4.79 Å². The summed E-state index contributed by atoms with van der Waals surface area (Å²) in [5.74, 6) is 1.22. The number of carbonyl (C=O) groups excluding carboxylic acids is 1. The fourth-order valence-electron chi connectivity index (χ4n) is 1.41. The van der Waals surface area contributed by atoms with E-state index in [1.807, 2.05) is 31.2 Å². The van der Waals surface area contributed by atoms with Gasteiger partial charge in [0.15, 0.2) is 4.34 Å². The van der Waals surface area contributed by atoms with E-state index in [0.717, 1.165) is 25.0 Å². The van der Waals surface area contributed by atoms with Crippen LogP contribution in [0.4, 0.5) is 0 Å². The molecule has 21 heavy (non-hydrogen) atoms. The van der Waals surface area contributed by atoms with E-state index in [0.29, 0.717) is 12.3 Å². The van der Waals surface area contributed by atoms with Crippen LogP contribution in [0.2, 0.25) is 5.02 Å². The number of benzene rings is 1. The van der Waals surface area contributed by atoms with E-state index < -0.39 is 0 Å². The van der Waals surface area contributed by atoms with Crippen LogP contribution in [0, 0.1) is 6.92 Å². The summed E-state index contributed by atoms with van der Waals surface area (Å²) in [6, 6.07) is 7.68. The van der Waals surface area contributed by atoms with Crippen molar-refractivity contribution in [2.24, 2.45) is 0 Å². The molecule has 1 aromatic carbocycles. The molecule has 2 rings (SSSR count). The highest BCUT2D eigenvalue weighted by molar-refractivity contribution is 8.01. The van der Waals surface area contributed by atoms with Gasteiger partial charge in [-0.2, -0.15) is 0 Å². The third-order valence-corrected chi connectivity index (χ3v) is 5.58. The average Bonchev–Trinajstić information content (AvgIpc) is 2.89. The van der Waals surface area contributed by atoms with Crippen LogP contribution in [0.5, 0.6) is 0 Å². The van der Waals surface area contributed by atoms with E-state index in [1.165, 1.54) is 23.1 Å². The Kier molecular flexibility index (Phi) is 6.82. The number of aryl methyl sites for hydroxylation is 1. The quantitative estimate of drug-likeness (QED) is 0.605. The Hall–Kier alpha value is -0.760. The van der Waals surface area contributed by atoms with Gasteiger partial charge in [0, 0.05) is 22.2 Å². The molecule has 0 saturated heterocycles. The van der Waals surface area contributed by atoms with E-state index in [1.54, 1.807) is 11.8 Å². The highest BCUT2D eigenvalue weighted by Gasteiger charge is 2.06. The predicted molar refractivity (Wildman–Crippen MR) is 90.6 cm³/mol. The lowest BCUT2D eigenvalue weighted by Crippen LogP contribution is -2.27. The number of rotatable bonds is 7. The Labute approximate surface area is 141 Å². The lowest BCUT2D eigenvalue weighted by atomic mass is 10.4. The lowest BCUT2D eigenvalue weighted by molar-refractivity contribution is -0.118. The summed E-state index contributed by atoms with van der Waals surface area (Å²) in [4.78, 5) is 12.8. The molecule has 0 radical (unpaired) electrons. The van der Waals surface area contributed by atoms with Crippen molar-refractivity contribution in [2.45, 2.75) is 16.2 Å². The maximum atomic E-state index is 11.7. The van der Waals surface area contributed by atoms with Crippen LogP contribution in [-0.2, 0) is 4.79 Å². The third kappa shape index (κ3) is 6.25. The van der Waals surface area contributed by atoms with Gasteiger partial charge < -0.3 is 5.32 Å². The van der Waals surface area contributed by atoms with Crippen molar-refractivity contribution in [2.75, 3.05) is 18.1 Å². The molecule has 0 spiro atoms. The van der Waals surface area contributed by atoms with Crippen molar-refractivity contribution in [1.29, 1.82) is 0 Å². The number of halogens is 1. The van der Waals surface area contributed by atoms with Crippen molar-refractivity contribution in [3.63, 3.8) is 0 Å². The molecule has 4 nitrogen and oxygen atoms in total. The van der Waals surface area contributed by atoms with Crippen molar-refractivity contribution in [3.05, 3.63) is 34.3 Å². The Morgan fingerprint density at radius 1 is 1.29 bits per heavy atom. The number of amides is 1. The molecule has 0 fully saturated rings. The second-order valence-electron chi connectivity index (χ2n) is 4.03. The molecule has 2 aromatic rings. The number of nitrogens with zero attached hydrogens (tertiary/aromatic N) is 2. The van der Waals surface area contributed by atoms with Gasteiger partial charge in [-0.15, -0.1) is 22.0 Å². The molecule has 0 unspecified atom stereocenters. The van der Waals surface area contributed by atoms with Gasteiger partial charge in [0.2, 0.25) is 5.91 Å². The first kappa shape index (κ1) is 16.6.